The summed E-state index contributed by atoms with van der Waals surface area (Å²) in [6, 6.07) is 15.3. The molecule has 146 valence electrons. The average molecular weight is 378 g/mol. The van der Waals surface area contributed by atoms with Crippen LogP contribution in [0.4, 0.5) is 4.39 Å². The second-order valence-electron chi connectivity index (χ2n) is 7.02. The highest BCUT2D eigenvalue weighted by molar-refractivity contribution is 5.90. The first kappa shape index (κ1) is 19.9. The molecule has 28 heavy (non-hydrogen) atoms. The van der Waals surface area contributed by atoms with E-state index in [4.69, 9.17) is 0 Å². The van der Waals surface area contributed by atoms with Gasteiger partial charge < -0.3 is 15.6 Å². The molecule has 0 saturated heterocycles. The predicted molar refractivity (Wildman–Crippen MR) is 117 cm³/mol. The minimum atomic E-state index is -0.232. The molecular formula is C24H28FN3. The van der Waals surface area contributed by atoms with Gasteiger partial charge in [0.05, 0.1) is 0 Å². The fourth-order valence-corrected chi connectivity index (χ4v) is 3.50. The van der Waals surface area contributed by atoms with Crippen LogP contribution in [0.3, 0.4) is 0 Å². The van der Waals surface area contributed by atoms with E-state index in [0.717, 1.165) is 53.7 Å². The lowest BCUT2D eigenvalue weighted by Crippen LogP contribution is -2.29. The standard InChI is InChI=1S/C24H28FN3/c1-4-20(14-15-26-3)27-17(2)10-12-22-21-13-11-19(25)16-23(21)28-24(22)18-8-6-5-7-9-18/h4-9,11,13,16,20,26-28H,1-2,10,12,14-15H2,3H3. The largest absolute Gasteiger partial charge is 0.383 e. The number of aryl methyl sites for hydroxylation is 1. The Morgan fingerprint density at radius 3 is 2.71 bits per heavy atom. The molecule has 0 fully saturated rings. The molecule has 1 aromatic heterocycles. The number of aromatic amines is 1. The Kier molecular flexibility index (Phi) is 6.66. The minimum absolute atomic E-state index is 0.200. The number of nitrogens with one attached hydrogen (secondary N) is 3. The van der Waals surface area contributed by atoms with Gasteiger partial charge in [0, 0.05) is 28.3 Å². The molecule has 0 saturated carbocycles. The van der Waals surface area contributed by atoms with Crippen molar-refractivity contribution >= 4 is 10.9 Å². The lowest BCUT2D eigenvalue weighted by molar-refractivity contribution is 0.580. The molecule has 0 aliphatic rings. The Balaban J connectivity index is 1.81. The number of benzene rings is 2. The van der Waals surface area contributed by atoms with Gasteiger partial charge in [-0.15, -0.1) is 6.58 Å². The number of halogens is 1. The lowest BCUT2D eigenvalue weighted by Gasteiger charge is -2.18. The van der Waals surface area contributed by atoms with Crippen LogP contribution < -0.4 is 10.6 Å². The molecular weight excluding hydrogens is 349 g/mol. The molecule has 0 radical (unpaired) electrons. The number of hydrogen-bond acceptors (Lipinski definition) is 2. The van der Waals surface area contributed by atoms with Gasteiger partial charge in [0.25, 0.3) is 0 Å². The molecule has 3 aromatic rings. The maximum Gasteiger partial charge on any atom is 0.125 e. The zero-order valence-corrected chi connectivity index (χ0v) is 16.4. The number of rotatable bonds is 10. The van der Waals surface area contributed by atoms with Crippen molar-refractivity contribution in [2.24, 2.45) is 0 Å². The first-order chi connectivity index (χ1) is 13.6. The zero-order chi connectivity index (χ0) is 19.9. The summed E-state index contributed by atoms with van der Waals surface area (Å²) in [7, 11) is 1.94. The molecule has 4 heteroatoms. The summed E-state index contributed by atoms with van der Waals surface area (Å²) in [4.78, 5) is 3.41. The fraction of sp³-hybridized carbons (Fsp3) is 0.250. The highest BCUT2D eigenvalue weighted by Gasteiger charge is 2.14. The maximum atomic E-state index is 13.7. The van der Waals surface area contributed by atoms with Gasteiger partial charge in [-0.3, -0.25) is 0 Å². The van der Waals surface area contributed by atoms with Crippen molar-refractivity contribution in [1.29, 1.82) is 0 Å². The summed E-state index contributed by atoms with van der Waals surface area (Å²) >= 11 is 0. The Bertz CT molecular complexity index is 943. The van der Waals surface area contributed by atoms with E-state index in [1.54, 1.807) is 6.07 Å². The molecule has 3 rings (SSSR count). The summed E-state index contributed by atoms with van der Waals surface area (Å²) < 4.78 is 13.7. The smallest absolute Gasteiger partial charge is 0.125 e. The summed E-state index contributed by atoms with van der Waals surface area (Å²) in [5, 5.41) is 7.67. The van der Waals surface area contributed by atoms with E-state index in [1.807, 2.05) is 37.4 Å². The molecule has 1 unspecified atom stereocenters. The van der Waals surface area contributed by atoms with Gasteiger partial charge >= 0.3 is 0 Å². The predicted octanol–water partition coefficient (Wildman–Crippen LogP) is 5.17. The van der Waals surface area contributed by atoms with E-state index in [0.29, 0.717) is 0 Å². The molecule has 1 heterocycles. The van der Waals surface area contributed by atoms with E-state index in [2.05, 4.69) is 40.9 Å². The number of hydrogen-bond donors (Lipinski definition) is 3. The van der Waals surface area contributed by atoms with Crippen molar-refractivity contribution in [3.05, 3.63) is 84.8 Å². The molecule has 0 aliphatic carbocycles. The fourth-order valence-electron chi connectivity index (χ4n) is 3.50. The van der Waals surface area contributed by atoms with E-state index in [9.17, 15) is 4.39 Å². The Hall–Kier alpha value is -2.85. The number of allylic oxidation sites excluding steroid dienone is 1. The van der Waals surface area contributed by atoms with Crippen molar-refractivity contribution in [3.8, 4) is 11.3 Å². The molecule has 0 spiro atoms. The van der Waals surface area contributed by atoms with E-state index < -0.39 is 0 Å². The van der Waals surface area contributed by atoms with Crippen LogP contribution >= 0.6 is 0 Å². The Labute approximate surface area is 166 Å². The van der Waals surface area contributed by atoms with Crippen LogP contribution in [0.1, 0.15) is 18.4 Å². The summed E-state index contributed by atoms with van der Waals surface area (Å²) in [5.41, 5.74) is 5.14. The van der Waals surface area contributed by atoms with Crippen molar-refractivity contribution in [2.45, 2.75) is 25.3 Å². The molecule has 3 N–H and O–H groups in total. The van der Waals surface area contributed by atoms with Crippen molar-refractivity contribution < 1.29 is 4.39 Å². The number of fused-ring (bicyclic) bond motifs is 1. The molecule has 2 aromatic carbocycles. The van der Waals surface area contributed by atoms with Crippen molar-refractivity contribution in [1.82, 2.24) is 15.6 Å². The van der Waals surface area contributed by atoms with Gasteiger partial charge in [-0.2, -0.15) is 0 Å². The third kappa shape index (κ3) is 4.70. The van der Waals surface area contributed by atoms with Gasteiger partial charge in [0.2, 0.25) is 0 Å². The lowest BCUT2D eigenvalue weighted by atomic mass is 10.00. The molecule has 1 atom stereocenters. The first-order valence-electron chi connectivity index (χ1n) is 9.69. The van der Waals surface area contributed by atoms with E-state index in [-0.39, 0.29) is 11.9 Å². The average Bonchev–Trinajstić information content (AvgIpc) is 3.07. The second-order valence-corrected chi connectivity index (χ2v) is 7.02. The van der Waals surface area contributed by atoms with Crippen LogP contribution in [-0.2, 0) is 6.42 Å². The van der Waals surface area contributed by atoms with Crippen LogP contribution in [0.5, 0.6) is 0 Å². The quantitative estimate of drug-likeness (QED) is 0.426. The van der Waals surface area contributed by atoms with Gasteiger partial charge in [0.15, 0.2) is 0 Å². The van der Waals surface area contributed by atoms with Gasteiger partial charge in [0.1, 0.15) is 5.82 Å². The summed E-state index contributed by atoms with van der Waals surface area (Å²) in [6.45, 7) is 9.02. The van der Waals surface area contributed by atoms with E-state index >= 15 is 0 Å². The van der Waals surface area contributed by atoms with Gasteiger partial charge in [-0.05, 0) is 62.2 Å². The van der Waals surface area contributed by atoms with Crippen LogP contribution in [0.15, 0.2) is 73.5 Å². The van der Waals surface area contributed by atoms with Gasteiger partial charge in [-0.25, -0.2) is 4.39 Å². The van der Waals surface area contributed by atoms with Crippen molar-refractivity contribution in [2.75, 3.05) is 13.6 Å². The van der Waals surface area contributed by atoms with Gasteiger partial charge in [-0.1, -0.05) is 43.0 Å². The highest BCUT2D eigenvalue weighted by Crippen LogP contribution is 2.32. The monoisotopic (exact) mass is 377 g/mol. The minimum Gasteiger partial charge on any atom is -0.383 e. The highest BCUT2D eigenvalue weighted by atomic mass is 19.1. The normalized spacial score (nSPS) is 12.1. The van der Waals surface area contributed by atoms with Crippen molar-refractivity contribution in [3.63, 3.8) is 0 Å². The van der Waals surface area contributed by atoms with Crippen LogP contribution in [-0.4, -0.2) is 24.6 Å². The Morgan fingerprint density at radius 1 is 1.21 bits per heavy atom. The SMILES string of the molecule is C=CC(CCNC)NC(=C)CCc1c(-c2ccccc2)[nH]c2cc(F)ccc12. The van der Waals surface area contributed by atoms with Crippen LogP contribution in [0, 0.1) is 5.82 Å². The number of aromatic nitrogens is 1. The molecule has 0 amide bonds. The topological polar surface area (TPSA) is 39.8 Å². The number of H-pyrrole nitrogens is 1. The Morgan fingerprint density at radius 2 is 2.00 bits per heavy atom. The second kappa shape index (κ2) is 9.38. The van der Waals surface area contributed by atoms with Crippen LogP contribution in [0.2, 0.25) is 0 Å². The third-order valence-electron chi connectivity index (χ3n) is 4.99. The molecule has 3 nitrogen and oxygen atoms in total. The zero-order valence-electron chi connectivity index (χ0n) is 16.4. The summed E-state index contributed by atoms with van der Waals surface area (Å²) in [6.07, 6.45) is 4.50. The van der Waals surface area contributed by atoms with E-state index in [1.165, 1.54) is 11.6 Å². The summed E-state index contributed by atoms with van der Waals surface area (Å²) in [5.74, 6) is -0.232. The molecule has 0 aliphatic heterocycles. The molecule has 0 bridgehead atoms. The van der Waals surface area contributed by atoms with Crippen LogP contribution in [0.25, 0.3) is 22.2 Å². The maximum absolute atomic E-state index is 13.7. The first-order valence-corrected chi connectivity index (χ1v) is 9.69. The third-order valence-corrected chi connectivity index (χ3v) is 4.99.